The molecule has 1 aromatic carbocycles. The minimum Gasteiger partial charge on any atom is -0.469 e. The van der Waals surface area contributed by atoms with Gasteiger partial charge in [-0.2, -0.15) is 17.5 Å². The minimum absolute atomic E-state index is 0.0443. The first-order valence-electron chi connectivity index (χ1n) is 7.87. The molecule has 25 heavy (non-hydrogen) atoms. The highest BCUT2D eigenvalue weighted by atomic mass is 32.2. The smallest absolute Gasteiger partial charge is 0.393 e. The Hall–Kier alpha value is -1.61. The number of piperidine rings is 1. The highest BCUT2D eigenvalue weighted by Crippen LogP contribution is 2.35. The van der Waals surface area contributed by atoms with Crippen molar-refractivity contribution >= 4 is 16.0 Å². The Labute approximate surface area is 144 Å². The molecule has 0 aromatic heterocycles. The van der Waals surface area contributed by atoms with E-state index in [0.717, 1.165) is 9.87 Å². The zero-order valence-corrected chi connectivity index (χ0v) is 14.6. The number of aryl methyl sites for hydroxylation is 1. The number of halogens is 3. The summed E-state index contributed by atoms with van der Waals surface area (Å²) in [7, 11) is -2.68. The second kappa shape index (κ2) is 7.74. The van der Waals surface area contributed by atoms with E-state index in [1.165, 1.54) is 19.2 Å². The quantitative estimate of drug-likeness (QED) is 0.738. The highest BCUT2D eigenvalue weighted by Gasteiger charge is 2.44. The van der Waals surface area contributed by atoms with Gasteiger partial charge < -0.3 is 4.74 Å². The zero-order valence-electron chi connectivity index (χ0n) is 13.8. The summed E-state index contributed by atoms with van der Waals surface area (Å²) in [5.74, 6) is -2.00. The second-order valence-electron chi connectivity index (χ2n) is 5.96. The third kappa shape index (κ3) is 4.94. The summed E-state index contributed by atoms with van der Waals surface area (Å²) in [6.07, 6.45) is -3.70. The fourth-order valence-electron chi connectivity index (χ4n) is 2.75. The molecule has 0 spiro atoms. The third-order valence-corrected chi connectivity index (χ3v) is 6.13. The van der Waals surface area contributed by atoms with Crippen molar-refractivity contribution < 1.29 is 31.1 Å². The van der Waals surface area contributed by atoms with Gasteiger partial charge in [-0.3, -0.25) is 4.79 Å². The number of nitrogens with zero attached hydrogens (tertiary/aromatic N) is 1. The van der Waals surface area contributed by atoms with Crippen LogP contribution >= 0.6 is 0 Å². The Morgan fingerprint density at radius 3 is 2.48 bits per heavy atom. The van der Waals surface area contributed by atoms with Crippen molar-refractivity contribution in [1.29, 1.82) is 0 Å². The van der Waals surface area contributed by atoms with Gasteiger partial charge in [-0.15, -0.1) is 0 Å². The van der Waals surface area contributed by atoms with Crippen LogP contribution in [-0.2, 0) is 26.0 Å². The number of methoxy groups -OCH3 is 1. The van der Waals surface area contributed by atoms with Crippen LogP contribution in [-0.4, -0.2) is 45.1 Å². The van der Waals surface area contributed by atoms with Gasteiger partial charge in [-0.1, -0.05) is 12.1 Å². The molecule has 2 rings (SSSR count). The molecule has 0 aliphatic carbocycles. The van der Waals surface area contributed by atoms with E-state index in [1.54, 1.807) is 12.1 Å². The molecule has 0 saturated carbocycles. The minimum atomic E-state index is -4.40. The molecule has 1 aromatic rings. The standard InChI is InChI=1S/C16H20F3NO4S/c1-24-15(21)9-6-12-4-7-14(8-5-12)25(22,23)20-10-2-3-13(11-20)16(17,18)19/h4-5,7-8,13H,2-3,6,9-11H2,1H3/t13-/m0/s1. The van der Waals surface area contributed by atoms with Crippen LogP contribution in [0.1, 0.15) is 24.8 Å². The summed E-state index contributed by atoms with van der Waals surface area (Å²) in [6, 6.07) is 5.83. The number of benzene rings is 1. The van der Waals surface area contributed by atoms with Gasteiger partial charge in [0, 0.05) is 19.5 Å². The van der Waals surface area contributed by atoms with Crippen molar-refractivity contribution in [2.75, 3.05) is 20.2 Å². The first kappa shape index (κ1) is 19.7. The van der Waals surface area contributed by atoms with Crippen molar-refractivity contribution in [2.24, 2.45) is 5.92 Å². The predicted octanol–water partition coefficient (Wildman–Crippen LogP) is 2.76. The number of carbonyl (C=O) groups excluding carboxylic acids is 1. The predicted molar refractivity (Wildman–Crippen MR) is 84.3 cm³/mol. The number of hydrogen-bond donors (Lipinski definition) is 0. The Morgan fingerprint density at radius 2 is 1.92 bits per heavy atom. The van der Waals surface area contributed by atoms with E-state index in [0.29, 0.717) is 6.42 Å². The molecule has 1 atom stereocenters. The van der Waals surface area contributed by atoms with Crippen molar-refractivity contribution in [3.63, 3.8) is 0 Å². The lowest BCUT2D eigenvalue weighted by Gasteiger charge is -2.32. The monoisotopic (exact) mass is 379 g/mol. The molecular formula is C16H20F3NO4S. The summed E-state index contributed by atoms with van der Waals surface area (Å²) >= 11 is 0. The van der Waals surface area contributed by atoms with Crippen LogP contribution in [0.15, 0.2) is 29.2 Å². The van der Waals surface area contributed by atoms with E-state index < -0.39 is 28.7 Å². The molecule has 0 amide bonds. The van der Waals surface area contributed by atoms with Crippen LogP contribution in [0.4, 0.5) is 13.2 Å². The highest BCUT2D eigenvalue weighted by molar-refractivity contribution is 7.89. The largest absolute Gasteiger partial charge is 0.469 e. The average Bonchev–Trinajstić information content (AvgIpc) is 2.59. The molecule has 1 saturated heterocycles. The molecule has 1 heterocycles. The van der Waals surface area contributed by atoms with Gasteiger partial charge in [-0.05, 0) is 37.0 Å². The fourth-order valence-corrected chi connectivity index (χ4v) is 4.28. The number of rotatable bonds is 5. The first-order valence-corrected chi connectivity index (χ1v) is 9.31. The maximum atomic E-state index is 12.9. The molecule has 0 N–H and O–H groups in total. The Kier molecular flexibility index (Phi) is 6.10. The lowest BCUT2D eigenvalue weighted by atomic mass is 9.99. The first-order chi connectivity index (χ1) is 11.6. The third-order valence-electron chi connectivity index (χ3n) is 4.25. The van der Waals surface area contributed by atoms with Crippen LogP contribution in [0.3, 0.4) is 0 Å². The van der Waals surface area contributed by atoms with Crippen molar-refractivity contribution in [3.8, 4) is 0 Å². The van der Waals surface area contributed by atoms with Crippen molar-refractivity contribution in [2.45, 2.75) is 36.8 Å². The summed E-state index contributed by atoms with van der Waals surface area (Å²) in [5.41, 5.74) is 0.746. The summed E-state index contributed by atoms with van der Waals surface area (Å²) in [6.45, 7) is -0.463. The number of esters is 1. The average molecular weight is 379 g/mol. The summed E-state index contributed by atoms with van der Waals surface area (Å²) < 4.78 is 69.2. The van der Waals surface area contributed by atoms with Gasteiger partial charge in [0.2, 0.25) is 10.0 Å². The Bertz CT molecular complexity index is 701. The Balaban J connectivity index is 2.10. The van der Waals surface area contributed by atoms with Crippen LogP contribution < -0.4 is 0 Å². The molecule has 9 heteroatoms. The molecule has 1 aliphatic rings. The van der Waals surface area contributed by atoms with E-state index in [2.05, 4.69) is 4.74 Å². The van der Waals surface area contributed by atoms with Gasteiger partial charge in [0.15, 0.2) is 0 Å². The molecule has 1 fully saturated rings. The summed E-state index contributed by atoms with van der Waals surface area (Å²) in [4.78, 5) is 11.1. The maximum Gasteiger partial charge on any atom is 0.393 e. The Morgan fingerprint density at radius 1 is 1.28 bits per heavy atom. The normalized spacial score (nSPS) is 19.6. The molecule has 0 unspecified atom stereocenters. The summed E-state index contributed by atoms with van der Waals surface area (Å²) in [5, 5.41) is 0. The topological polar surface area (TPSA) is 63.7 Å². The van der Waals surface area contributed by atoms with Gasteiger partial charge in [0.1, 0.15) is 0 Å². The van der Waals surface area contributed by atoms with Crippen LogP contribution in [0, 0.1) is 5.92 Å². The molecule has 1 aliphatic heterocycles. The van der Waals surface area contributed by atoms with Gasteiger partial charge in [0.25, 0.3) is 0 Å². The fraction of sp³-hybridized carbons (Fsp3) is 0.562. The van der Waals surface area contributed by atoms with Crippen molar-refractivity contribution in [3.05, 3.63) is 29.8 Å². The van der Waals surface area contributed by atoms with E-state index >= 15 is 0 Å². The van der Waals surface area contributed by atoms with Crippen LogP contribution in [0.2, 0.25) is 0 Å². The molecule has 5 nitrogen and oxygen atoms in total. The van der Waals surface area contributed by atoms with Gasteiger partial charge >= 0.3 is 12.1 Å². The molecule has 0 radical (unpaired) electrons. The molecular weight excluding hydrogens is 359 g/mol. The molecule has 140 valence electrons. The number of sulfonamides is 1. The lowest BCUT2D eigenvalue weighted by Crippen LogP contribution is -2.44. The van der Waals surface area contributed by atoms with E-state index in [4.69, 9.17) is 0 Å². The maximum absolute atomic E-state index is 12.9. The SMILES string of the molecule is COC(=O)CCc1ccc(S(=O)(=O)N2CCC[C@H](C(F)(F)F)C2)cc1. The lowest BCUT2D eigenvalue weighted by molar-refractivity contribution is -0.182. The number of hydrogen-bond acceptors (Lipinski definition) is 4. The number of alkyl halides is 3. The zero-order chi connectivity index (χ0) is 18.7. The van der Waals surface area contributed by atoms with Crippen LogP contribution in [0.25, 0.3) is 0 Å². The van der Waals surface area contributed by atoms with Crippen LogP contribution in [0.5, 0.6) is 0 Å². The molecule has 0 bridgehead atoms. The second-order valence-corrected chi connectivity index (χ2v) is 7.90. The van der Waals surface area contributed by atoms with E-state index in [9.17, 15) is 26.4 Å². The van der Waals surface area contributed by atoms with Gasteiger partial charge in [-0.25, -0.2) is 8.42 Å². The van der Waals surface area contributed by atoms with E-state index in [1.807, 2.05) is 0 Å². The number of ether oxygens (including phenoxy) is 1. The number of carbonyl (C=O) groups is 1. The van der Waals surface area contributed by atoms with Gasteiger partial charge in [0.05, 0.1) is 17.9 Å². The van der Waals surface area contributed by atoms with E-state index in [-0.39, 0.29) is 36.7 Å². The van der Waals surface area contributed by atoms with Crippen molar-refractivity contribution in [1.82, 2.24) is 4.31 Å².